The second-order valence-corrected chi connectivity index (χ2v) is 5.55. The van der Waals surface area contributed by atoms with Gasteiger partial charge < -0.3 is 4.90 Å². The molecule has 0 aliphatic carbocycles. The van der Waals surface area contributed by atoms with Gasteiger partial charge in [0.15, 0.2) is 0 Å². The highest BCUT2D eigenvalue weighted by Gasteiger charge is 2.45. The third-order valence-electron chi connectivity index (χ3n) is 3.16. The number of halogens is 2. The Hall–Kier alpha value is -1.16. The molecule has 21 heavy (non-hydrogen) atoms. The summed E-state index contributed by atoms with van der Waals surface area (Å²) in [5.41, 5.74) is 0.0105. The first-order valence-electron chi connectivity index (χ1n) is 6.01. The van der Waals surface area contributed by atoms with Crippen LogP contribution in [0.2, 0.25) is 5.02 Å². The van der Waals surface area contributed by atoms with Crippen LogP contribution in [0.15, 0.2) is 18.2 Å². The summed E-state index contributed by atoms with van der Waals surface area (Å²) >= 11 is 5.64. The smallest absolute Gasteiger partial charge is 0.252 e. The first kappa shape index (κ1) is 16.2. The van der Waals surface area contributed by atoms with Crippen LogP contribution in [0.4, 0.5) is 4.39 Å². The maximum Gasteiger partial charge on any atom is 0.252 e. The van der Waals surface area contributed by atoms with Crippen molar-refractivity contribution >= 4 is 54.7 Å². The number of nitrogens with zero attached hydrogens (tertiary/aromatic N) is 1. The summed E-state index contributed by atoms with van der Waals surface area (Å²) in [5, 5.41) is -3.92. The van der Waals surface area contributed by atoms with Gasteiger partial charge in [-0.25, -0.2) is 4.39 Å². The zero-order chi connectivity index (χ0) is 16.0. The van der Waals surface area contributed by atoms with E-state index in [1.807, 2.05) is 0 Å². The van der Waals surface area contributed by atoms with Crippen LogP contribution >= 0.6 is 11.6 Å². The molecule has 0 aromatic heterocycles. The Balaban J connectivity index is 2.44. The van der Waals surface area contributed by atoms with E-state index < -0.39 is 22.4 Å². The minimum atomic E-state index is -1.84. The highest BCUT2D eigenvalue weighted by Crippen LogP contribution is 2.32. The van der Waals surface area contributed by atoms with Crippen molar-refractivity contribution in [2.24, 2.45) is 0 Å². The number of piperidine rings is 1. The number of rotatable bonds is 1. The molecule has 3 nitrogen and oxygen atoms in total. The van der Waals surface area contributed by atoms with Crippen LogP contribution in [0.25, 0.3) is 0 Å². The zero-order valence-corrected chi connectivity index (χ0v) is 11.7. The predicted octanol–water partition coefficient (Wildman–Crippen LogP) is 0.266. The van der Waals surface area contributed by atoms with Crippen molar-refractivity contribution in [3.05, 3.63) is 34.6 Å². The maximum atomic E-state index is 13.2. The molecule has 8 radical (unpaired) electrons. The lowest BCUT2D eigenvalue weighted by Crippen LogP contribution is -2.69. The van der Waals surface area contributed by atoms with Crippen LogP contribution in [-0.4, -0.2) is 58.7 Å². The van der Waals surface area contributed by atoms with Gasteiger partial charge in [0.05, 0.1) is 36.4 Å². The zero-order valence-electron chi connectivity index (χ0n) is 11.0. The molecule has 1 saturated heterocycles. The van der Waals surface area contributed by atoms with E-state index in [2.05, 4.69) is 0 Å². The summed E-state index contributed by atoms with van der Waals surface area (Å²) in [4.78, 5) is 24.9. The van der Waals surface area contributed by atoms with E-state index in [0.29, 0.717) is 0 Å². The van der Waals surface area contributed by atoms with E-state index in [1.54, 1.807) is 0 Å². The van der Waals surface area contributed by atoms with Crippen LogP contribution < -0.4 is 0 Å². The molecule has 1 aromatic rings. The Morgan fingerprint density at radius 2 is 1.71 bits per heavy atom. The first-order valence-corrected chi connectivity index (χ1v) is 6.39. The summed E-state index contributed by atoms with van der Waals surface area (Å²) in [5.74, 6) is -1.77. The van der Waals surface area contributed by atoms with Gasteiger partial charge in [-0.1, -0.05) is 11.6 Å². The third-order valence-corrected chi connectivity index (χ3v) is 3.45. The molecule has 0 atom stereocenters. The highest BCUT2D eigenvalue weighted by atomic mass is 35.5. The standard InChI is InChI=1S/C12H7B4ClFNO2/c13-11(14)4-7(20)5-12(15,16)19(11)10(21)6-1-2-9(18)8(17)3-6/h1-3H,4-5H2. The van der Waals surface area contributed by atoms with Gasteiger partial charge in [0.25, 0.3) is 5.91 Å². The lowest BCUT2D eigenvalue weighted by molar-refractivity contribution is -0.123. The van der Waals surface area contributed by atoms with Crippen LogP contribution in [0.5, 0.6) is 0 Å². The average molecular weight is 295 g/mol. The van der Waals surface area contributed by atoms with Gasteiger partial charge in [-0.05, 0) is 28.9 Å². The molecule has 0 saturated carbocycles. The number of benzene rings is 1. The van der Waals surface area contributed by atoms with E-state index in [1.165, 1.54) is 6.07 Å². The number of likely N-dealkylation sites (tertiary alicyclic amines) is 1. The summed E-state index contributed by atoms with van der Waals surface area (Å²) < 4.78 is 13.2. The van der Waals surface area contributed by atoms with Gasteiger partial charge in [0, 0.05) is 18.4 Å². The lowest BCUT2D eigenvalue weighted by Gasteiger charge is -2.54. The molecular weight excluding hydrogens is 288 g/mol. The number of amides is 1. The summed E-state index contributed by atoms with van der Waals surface area (Å²) in [6.45, 7) is 0. The van der Waals surface area contributed by atoms with Gasteiger partial charge in [0.1, 0.15) is 11.6 Å². The number of hydrogen-bond acceptors (Lipinski definition) is 2. The Bertz CT molecular complexity index is 603. The van der Waals surface area contributed by atoms with Crippen LogP contribution in [0.1, 0.15) is 23.2 Å². The molecule has 0 unspecified atom stereocenters. The van der Waals surface area contributed by atoms with Gasteiger partial charge >= 0.3 is 0 Å². The number of carbonyl (C=O) groups excluding carboxylic acids is 2. The van der Waals surface area contributed by atoms with Gasteiger partial charge in [-0.2, -0.15) is 0 Å². The van der Waals surface area contributed by atoms with E-state index in [-0.39, 0.29) is 29.2 Å². The second-order valence-electron chi connectivity index (χ2n) is 5.14. The van der Waals surface area contributed by atoms with E-state index in [9.17, 15) is 14.0 Å². The van der Waals surface area contributed by atoms with E-state index in [4.69, 9.17) is 43.0 Å². The quantitative estimate of drug-likeness (QED) is 0.697. The molecule has 0 N–H and O–H groups in total. The van der Waals surface area contributed by atoms with E-state index in [0.717, 1.165) is 17.0 Å². The summed E-state index contributed by atoms with van der Waals surface area (Å²) in [6.07, 6.45) is -0.576. The van der Waals surface area contributed by atoms with E-state index >= 15 is 0 Å². The molecule has 1 aliphatic rings. The van der Waals surface area contributed by atoms with Crippen molar-refractivity contribution in [2.45, 2.75) is 23.5 Å². The Labute approximate surface area is 132 Å². The van der Waals surface area contributed by atoms with Gasteiger partial charge in [-0.3, -0.25) is 9.59 Å². The summed E-state index contributed by atoms with van der Waals surface area (Å²) in [7, 11) is 23.2. The van der Waals surface area contributed by atoms with Gasteiger partial charge in [0.2, 0.25) is 0 Å². The Morgan fingerprint density at radius 3 is 2.19 bits per heavy atom. The molecule has 1 amide bonds. The van der Waals surface area contributed by atoms with Crippen molar-refractivity contribution in [2.75, 3.05) is 0 Å². The van der Waals surface area contributed by atoms with Crippen molar-refractivity contribution in [1.29, 1.82) is 0 Å². The molecule has 0 spiro atoms. The van der Waals surface area contributed by atoms with Crippen LogP contribution in [0, 0.1) is 5.82 Å². The van der Waals surface area contributed by atoms with Crippen molar-refractivity contribution in [3.8, 4) is 0 Å². The fourth-order valence-corrected chi connectivity index (χ4v) is 2.56. The molecule has 1 fully saturated rings. The van der Waals surface area contributed by atoms with Crippen molar-refractivity contribution in [3.63, 3.8) is 0 Å². The van der Waals surface area contributed by atoms with Crippen LogP contribution in [-0.2, 0) is 4.79 Å². The average Bonchev–Trinajstić information content (AvgIpc) is 2.28. The molecule has 2 rings (SSSR count). The molecule has 9 heteroatoms. The maximum absolute atomic E-state index is 13.2. The largest absolute Gasteiger partial charge is 0.361 e. The van der Waals surface area contributed by atoms with Crippen molar-refractivity contribution < 1.29 is 14.0 Å². The molecule has 1 aliphatic heterocycles. The monoisotopic (exact) mass is 295 g/mol. The molecular formula is C12H7B4ClFNO2. The molecule has 0 bridgehead atoms. The Morgan fingerprint density at radius 1 is 1.19 bits per heavy atom. The fourth-order valence-electron chi connectivity index (χ4n) is 2.38. The number of Topliss-reactive ketones (excluding diaryl/α,β-unsaturated/α-hetero) is 1. The third kappa shape index (κ3) is 3.05. The molecule has 1 aromatic carbocycles. The van der Waals surface area contributed by atoms with Gasteiger partial charge in [-0.15, -0.1) is 0 Å². The lowest BCUT2D eigenvalue weighted by atomic mass is 9.46. The normalized spacial score (nSPS) is 20.3. The minimum Gasteiger partial charge on any atom is -0.361 e. The summed E-state index contributed by atoms with van der Waals surface area (Å²) in [6, 6.07) is 3.34. The second kappa shape index (κ2) is 5.24. The molecule has 1 heterocycles. The van der Waals surface area contributed by atoms with Crippen molar-refractivity contribution in [1.82, 2.24) is 4.90 Å². The molecule has 98 valence electrons. The first-order chi connectivity index (χ1) is 9.54. The topological polar surface area (TPSA) is 37.4 Å². The Kier molecular flexibility index (Phi) is 4.04. The fraction of sp³-hybridized carbons (Fsp3) is 0.333. The SMILES string of the molecule is [B]C1([B])CC(=O)CC([B])([B])N1C(=O)c1ccc(F)c(Cl)c1. The number of ketones is 1. The van der Waals surface area contributed by atoms with Crippen LogP contribution in [0.3, 0.4) is 0 Å². The number of hydrogen-bond donors (Lipinski definition) is 0. The predicted molar refractivity (Wildman–Crippen MR) is 80.3 cm³/mol. The minimum absolute atomic E-state index is 0.0105. The highest BCUT2D eigenvalue weighted by molar-refractivity contribution is 6.48. The number of carbonyl (C=O) groups is 2.